The van der Waals surface area contributed by atoms with Gasteiger partial charge in [0.05, 0.1) is 13.0 Å². The van der Waals surface area contributed by atoms with Crippen LogP contribution >= 0.6 is 12.6 Å². The van der Waals surface area contributed by atoms with Crippen LogP contribution in [-0.4, -0.2) is 71.0 Å². The molecule has 0 heterocycles. The third kappa shape index (κ3) is 13.1. The Morgan fingerprint density at radius 1 is 1.08 bits per heavy atom. The molecule has 1 aromatic carbocycles. The second-order valence-electron chi connectivity index (χ2n) is 10.2. The lowest BCUT2D eigenvalue weighted by Gasteiger charge is -2.34. The molecule has 0 bridgehead atoms. The maximum Gasteiger partial charge on any atom is 0.408 e. The van der Waals surface area contributed by atoms with Crippen molar-refractivity contribution in [2.24, 2.45) is 0 Å². The number of hydrogen-bond acceptors (Lipinski definition) is 8. The molecule has 0 spiro atoms. The van der Waals surface area contributed by atoms with Crippen LogP contribution in [0.25, 0.3) is 0 Å². The topological polar surface area (TPSA) is 134 Å². The second kappa shape index (κ2) is 17.6. The standard InChI is InChI=1S/C28H45N3O7S/c1-6-8-9-10-11-17-31(26(35)22(19-39)30-27(36)38-28(3,4)5)24(20-13-12-14-21(32)18-20)25(34)29-16-15-23(33)37-7-2/h12-14,18,22,24,32,39H,6-11,15-17,19H2,1-5H3,(H,29,34)(H,30,36). The average molecular weight is 568 g/mol. The Balaban J connectivity index is 3.31. The van der Waals surface area contributed by atoms with Crippen molar-refractivity contribution < 1.29 is 33.8 Å². The number of benzene rings is 1. The predicted octanol–water partition coefficient (Wildman–Crippen LogP) is 4.12. The summed E-state index contributed by atoms with van der Waals surface area (Å²) in [6.07, 6.45) is 3.76. The molecular weight excluding hydrogens is 522 g/mol. The van der Waals surface area contributed by atoms with Crippen LogP contribution in [0.15, 0.2) is 24.3 Å². The first-order valence-corrected chi connectivity index (χ1v) is 14.2. The van der Waals surface area contributed by atoms with E-state index in [0.717, 1.165) is 25.7 Å². The third-order valence-electron chi connectivity index (χ3n) is 5.64. The highest BCUT2D eigenvalue weighted by molar-refractivity contribution is 7.80. The first-order valence-electron chi connectivity index (χ1n) is 13.6. The molecule has 0 aliphatic heterocycles. The molecule has 0 saturated heterocycles. The lowest BCUT2D eigenvalue weighted by Crippen LogP contribution is -2.54. The number of rotatable bonds is 16. The van der Waals surface area contributed by atoms with Gasteiger partial charge >= 0.3 is 12.1 Å². The van der Waals surface area contributed by atoms with Crippen LogP contribution < -0.4 is 10.6 Å². The zero-order valence-corrected chi connectivity index (χ0v) is 24.7. The lowest BCUT2D eigenvalue weighted by atomic mass is 10.0. The van der Waals surface area contributed by atoms with Gasteiger partial charge in [0.15, 0.2) is 0 Å². The average Bonchev–Trinajstić information content (AvgIpc) is 2.85. The SMILES string of the molecule is CCCCCCCN(C(=O)C(CS)NC(=O)OC(C)(C)C)C(C(=O)NCCC(=O)OCC)c1cccc(O)c1. The van der Waals surface area contributed by atoms with Crippen molar-refractivity contribution in [3.8, 4) is 5.75 Å². The van der Waals surface area contributed by atoms with E-state index in [4.69, 9.17) is 9.47 Å². The normalized spacial score (nSPS) is 12.7. The fraction of sp³-hybridized carbons (Fsp3) is 0.643. The molecule has 1 rings (SSSR count). The molecule has 1 aromatic rings. The van der Waals surface area contributed by atoms with Gasteiger partial charge in [0.2, 0.25) is 11.8 Å². The number of aromatic hydroxyl groups is 1. The number of amides is 3. The summed E-state index contributed by atoms with van der Waals surface area (Å²) >= 11 is 4.29. The van der Waals surface area contributed by atoms with Crippen molar-refractivity contribution in [1.82, 2.24) is 15.5 Å². The molecule has 0 aromatic heterocycles. The summed E-state index contributed by atoms with van der Waals surface area (Å²) in [5.74, 6) is -1.58. The van der Waals surface area contributed by atoms with E-state index in [1.165, 1.54) is 17.0 Å². The minimum atomic E-state index is -1.12. The van der Waals surface area contributed by atoms with E-state index in [1.54, 1.807) is 39.8 Å². The summed E-state index contributed by atoms with van der Waals surface area (Å²) in [6.45, 7) is 9.41. The summed E-state index contributed by atoms with van der Waals surface area (Å²) in [4.78, 5) is 53.0. The van der Waals surface area contributed by atoms with Gasteiger partial charge in [0, 0.05) is 18.8 Å². The Labute approximate surface area is 237 Å². The zero-order valence-electron chi connectivity index (χ0n) is 23.8. The monoisotopic (exact) mass is 567 g/mol. The molecule has 11 heteroatoms. The number of carbonyl (C=O) groups is 4. The van der Waals surface area contributed by atoms with E-state index >= 15 is 0 Å². The van der Waals surface area contributed by atoms with Gasteiger partial charge in [-0.25, -0.2) is 4.79 Å². The Morgan fingerprint density at radius 2 is 1.77 bits per heavy atom. The van der Waals surface area contributed by atoms with E-state index in [0.29, 0.717) is 12.0 Å². The number of carbonyl (C=O) groups excluding carboxylic acids is 4. The minimum Gasteiger partial charge on any atom is -0.508 e. The van der Waals surface area contributed by atoms with Gasteiger partial charge < -0.3 is 30.1 Å². The van der Waals surface area contributed by atoms with Gasteiger partial charge in [-0.1, -0.05) is 44.7 Å². The number of esters is 1. The van der Waals surface area contributed by atoms with Crippen LogP contribution in [0.5, 0.6) is 5.75 Å². The molecule has 0 aliphatic carbocycles. The number of ether oxygens (including phenoxy) is 2. The maximum atomic E-state index is 13.9. The number of nitrogens with one attached hydrogen (secondary N) is 2. The molecule has 3 amide bonds. The number of unbranched alkanes of at least 4 members (excludes halogenated alkanes) is 4. The van der Waals surface area contributed by atoms with Crippen molar-refractivity contribution in [3.63, 3.8) is 0 Å². The molecule has 10 nitrogen and oxygen atoms in total. The summed E-state index contributed by atoms with van der Waals surface area (Å²) < 4.78 is 10.2. The van der Waals surface area contributed by atoms with Gasteiger partial charge in [0.25, 0.3) is 0 Å². The molecular formula is C28H45N3O7S. The fourth-order valence-corrected chi connectivity index (χ4v) is 4.12. The summed E-state index contributed by atoms with van der Waals surface area (Å²) in [6, 6.07) is 3.93. The summed E-state index contributed by atoms with van der Waals surface area (Å²) in [7, 11) is 0. The number of phenolic OH excluding ortho intramolecular Hbond substituents is 1. The van der Waals surface area contributed by atoms with Crippen molar-refractivity contribution in [3.05, 3.63) is 29.8 Å². The van der Waals surface area contributed by atoms with E-state index in [1.807, 2.05) is 0 Å². The van der Waals surface area contributed by atoms with Crippen molar-refractivity contribution in [2.75, 3.05) is 25.4 Å². The van der Waals surface area contributed by atoms with Crippen molar-refractivity contribution in [1.29, 1.82) is 0 Å². The van der Waals surface area contributed by atoms with Crippen molar-refractivity contribution in [2.45, 2.75) is 90.8 Å². The largest absolute Gasteiger partial charge is 0.508 e. The van der Waals surface area contributed by atoms with Crippen LogP contribution in [0, 0.1) is 0 Å². The van der Waals surface area contributed by atoms with Gasteiger partial charge in [0.1, 0.15) is 23.4 Å². The van der Waals surface area contributed by atoms with Gasteiger partial charge in [-0.2, -0.15) is 12.6 Å². The lowest BCUT2D eigenvalue weighted by molar-refractivity contribution is -0.144. The van der Waals surface area contributed by atoms with Crippen LogP contribution in [0.1, 0.15) is 84.7 Å². The Bertz CT molecular complexity index is 936. The first-order chi connectivity index (χ1) is 18.4. The Hall–Kier alpha value is -2.95. The number of alkyl carbamates (subject to hydrolysis) is 1. The second-order valence-corrected chi connectivity index (χ2v) is 10.5. The Kier molecular flexibility index (Phi) is 15.4. The third-order valence-corrected chi connectivity index (χ3v) is 6.00. The number of thiol groups is 1. The van der Waals surface area contributed by atoms with E-state index in [-0.39, 0.29) is 37.6 Å². The molecule has 39 heavy (non-hydrogen) atoms. The molecule has 0 radical (unpaired) electrons. The minimum absolute atomic E-state index is 0.0116. The molecule has 0 saturated carbocycles. The molecule has 0 aliphatic rings. The van der Waals surface area contributed by atoms with Crippen LogP contribution in [0.2, 0.25) is 0 Å². The smallest absolute Gasteiger partial charge is 0.408 e. The van der Waals surface area contributed by atoms with Crippen molar-refractivity contribution >= 4 is 36.5 Å². The highest BCUT2D eigenvalue weighted by Gasteiger charge is 2.35. The van der Waals surface area contributed by atoms with Gasteiger partial charge in [-0.15, -0.1) is 0 Å². The Morgan fingerprint density at radius 3 is 2.36 bits per heavy atom. The van der Waals surface area contributed by atoms with E-state index in [2.05, 4.69) is 30.2 Å². The van der Waals surface area contributed by atoms with Crippen LogP contribution in [0.4, 0.5) is 4.79 Å². The summed E-state index contributed by atoms with van der Waals surface area (Å²) in [5, 5.41) is 15.4. The highest BCUT2D eigenvalue weighted by atomic mass is 32.1. The first kappa shape index (κ1) is 34.1. The molecule has 220 valence electrons. The predicted molar refractivity (Wildman–Crippen MR) is 153 cm³/mol. The van der Waals surface area contributed by atoms with Crippen LogP contribution in [-0.2, 0) is 23.9 Å². The molecule has 2 unspecified atom stereocenters. The quantitative estimate of drug-likeness (QED) is 0.134. The zero-order chi connectivity index (χ0) is 29.4. The van der Waals surface area contributed by atoms with Crippen LogP contribution in [0.3, 0.4) is 0 Å². The molecule has 3 N–H and O–H groups in total. The molecule has 0 fully saturated rings. The number of phenols is 1. The number of nitrogens with zero attached hydrogens (tertiary/aromatic N) is 1. The van der Waals surface area contributed by atoms with E-state index in [9.17, 15) is 24.3 Å². The highest BCUT2D eigenvalue weighted by Crippen LogP contribution is 2.26. The number of hydrogen-bond donors (Lipinski definition) is 4. The summed E-state index contributed by atoms with van der Waals surface area (Å²) in [5.41, 5.74) is -0.378. The molecule has 2 atom stereocenters. The van der Waals surface area contributed by atoms with Gasteiger partial charge in [-0.3, -0.25) is 14.4 Å². The fourth-order valence-electron chi connectivity index (χ4n) is 3.87. The van der Waals surface area contributed by atoms with E-state index < -0.39 is 41.6 Å². The maximum absolute atomic E-state index is 13.9. The van der Waals surface area contributed by atoms with Gasteiger partial charge in [-0.05, 0) is 51.8 Å².